The van der Waals surface area contributed by atoms with Crippen molar-refractivity contribution in [1.29, 1.82) is 0 Å². The maximum Gasteiger partial charge on any atom is 0.134 e. The molecule has 0 aromatic carbocycles. The van der Waals surface area contributed by atoms with Crippen LogP contribution in [-0.4, -0.2) is 28.5 Å². The summed E-state index contributed by atoms with van der Waals surface area (Å²) in [5, 5.41) is 11.5. The van der Waals surface area contributed by atoms with E-state index < -0.39 is 0 Å². The molecule has 0 aliphatic heterocycles. The Hall–Kier alpha value is 0.310. The highest BCUT2D eigenvalue weighted by Gasteiger charge is 2.55. The van der Waals surface area contributed by atoms with Crippen LogP contribution in [0.5, 0.6) is 0 Å². The number of hydrogen-bond acceptors (Lipinski definition) is 1. The van der Waals surface area contributed by atoms with Gasteiger partial charge in [-0.3, -0.25) is 0 Å². The summed E-state index contributed by atoms with van der Waals surface area (Å²) in [6.07, 6.45) is 25.5. The summed E-state index contributed by atoms with van der Waals surface area (Å²) >= 11 is 0. The quantitative estimate of drug-likeness (QED) is 0.181. The van der Waals surface area contributed by atoms with E-state index >= 15 is 0 Å². The van der Waals surface area contributed by atoms with Crippen molar-refractivity contribution < 1.29 is 5.11 Å². The third-order valence-corrected chi connectivity index (χ3v) is 11.3. The van der Waals surface area contributed by atoms with Gasteiger partial charge in [0.2, 0.25) is 0 Å². The molecule has 1 atom stereocenters. The molecule has 2 heteroatoms. The van der Waals surface area contributed by atoms with Crippen LogP contribution in [0.1, 0.15) is 129 Å². The fourth-order valence-electron chi connectivity index (χ4n) is 7.43. The van der Waals surface area contributed by atoms with E-state index in [1.807, 2.05) is 0 Å². The van der Waals surface area contributed by atoms with Gasteiger partial charge in [0.15, 0.2) is 0 Å². The monoisotopic (exact) mass is 437 g/mol. The second-order valence-electron chi connectivity index (χ2n) is 11.5. The average molecular weight is 438 g/mol. The zero-order chi connectivity index (χ0) is 21.2. The fraction of sp³-hybridized carbons (Fsp3) is 1.00. The molecule has 4 aliphatic carbocycles. The van der Waals surface area contributed by atoms with Crippen molar-refractivity contribution >= 4 is 10.9 Å². The second kappa shape index (κ2) is 13.1. The number of unbranched alkanes of at least 4 members (excludes halogenated alkanes) is 10. The lowest BCUT2D eigenvalue weighted by molar-refractivity contribution is -0.112. The number of aliphatic hydroxyl groups is 1. The van der Waals surface area contributed by atoms with E-state index in [1.165, 1.54) is 127 Å². The summed E-state index contributed by atoms with van der Waals surface area (Å²) in [7, 11) is 0.468. The minimum atomic E-state index is 0.00872. The molecule has 1 nitrogen and oxygen atoms in total. The van der Waals surface area contributed by atoms with E-state index in [2.05, 4.69) is 13.8 Å². The third-order valence-electron chi connectivity index (χ3n) is 8.76. The van der Waals surface area contributed by atoms with Crippen molar-refractivity contribution in [3.05, 3.63) is 0 Å². The van der Waals surface area contributed by atoms with E-state index in [0.717, 1.165) is 23.5 Å². The van der Waals surface area contributed by atoms with Gasteiger partial charge in [-0.2, -0.15) is 0 Å². The van der Waals surface area contributed by atoms with Crippen molar-refractivity contribution in [3.8, 4) is 0 Å². The topological polar surface area (TPSA) is 20.2 Å². The van der Waals surface area contributed by atoms with Gasteiger partial charge in [0.05, 0.1) is 0 Å². The van der Waals surface area contributed by atoms with Gasteiger partial charge in [0.1, 0.15) is 23.4 Å². The first-order valence-electron chi connectivity index (χ1n) is 14.0. The molecule has 0 amide bonds. The molecule has 0 aromatic heterocycles. The highest BCUT2D eigenvalue weighted by atomic mass is 32.2. The number of aliphatic hydroxyl groups excluding tert-OH is 1. The lowest BCUT2D eigenvalue weighted by Gasteiger charge is -2.58. The van der Waals surface area contributed by atoms with Crippen LogP contribution in [0.15, 0.2) is 0 Å². The Balaban J connectivity index is 1.45. The molecule has 1 unspecified atom stereocenters. The number of rotatable bonds is 17. The summed E-state index contributed by atoms with van der Waals surface area (Å²) in [6.45, 7) is 4.62. The Morgan fingerprint density at radius 3 is 1.50 bits per heavy atom. The minimum Gasteiger partial charge on any atom is -0.388 e. The van der Waals surface area contributed by atoms with Crippen LogP contribution in [0.4, 0.5) is 0 Å². The molecule has 4 saturated carbocycles. The van der Waals surface area contributed by atoms with Gasteiger partial charge in [-0.1, -0.05) is 65.2 Å². The minimum absolute atomic E-state index is 0.00872. The summed E-state index contributed by atoms with van der Waals surface area (Å²) in [4.78, 5) is 0. The predicted molar refractivity (Wildman–Crippen MR) is 135 cm³/mol. The predicted octanol–water partition coefficient (Wildman–Crippen LogP) is 7.90. The highest BCUT2D eigenvalue weighted by Crippen LogP contribution is 2.61. The zero-order valence-electron chi connectivity index (χ0n) is 20.5. The van der Waals surface area contributed by atoms with Crippen LogP contribution in [-0.2, 0) is 10.9 Å². The molecule has 4 rings (SSSR count). The van der Waals surface area contributed by atoms with E-state index in [-0.39, 0.29) is 6.10 Å². The smallest absolute Gasteiger partial charge is 0.134 e. The molecule has 0 spiro atoms. The molecule has 4 fully saturated rings. The van der Waals surface area contributed by atoms with Gasteiger partial charge < -0.3 is 5.11 Å². The molecule has 0 aromatic rings. The normalized spacial score (nSPS) is 31.0. The zero-order valence-corrected chi connectivity index (χ0v) is 21.3. The van der Waals surface area contributed by atoms with Crippen molar-refractivity contribution in [2.45, 2.75) is 136 Å². The molecule has 4 aliphatic rings. The maximum atomic E-state index is 11.5. The summed E-state index contributed by atoms with van der Waals surface area (Å²) in [5.74, 6) is 6.85. The lowest BCUT2D eigenvalue weighted by Crippen LogP contribution is -2.53. The van der Waals surface area contributed by atoms with Gasteiger partial charge in [0, 0.05) is 5.41 Å². The highest BCUT2D eigenvalue weighted by molar-refractivity contribution is 7.96. The molecular formula is C28H53OS+. The Labute approximate surface area is 191 Å². The van der Waals surface area contributed by atoms with E-state index in [9.17, 15) is 5.11 Å². The van der Waals surface area contributed by atoms with Crippen LogP contribution in [0.2, 0.25) is 0 Å². The van der Waals surface area contributed by atoms with Crippen molar-refractivity contribution in [1.82, 2.24) is 0 Å². The van der Waals surface area contributed by atoms with Crippen LogP contribution in [0, 0.1) is 23.2 Å². The van der Waals surface area contributed by atoms with Gasteiger partial charge in [-0.05, 0) is 92.9 Å². The van der Waals surface area contributed by atoms with Gasteiger partial charge in [-0.15, -0.1) is 0 Å². The Kier molecular flexibility index (Phi) is 10.9. The first-order valence-corrected chi connectivity index (χ1v) is 15.7. The Bertz CT molecular complexity index is 410. The lowest BCUT2D eigenvalue weighted by atomic mass is 9.48. The molecule has 176 valence electrons. The van der Waals surface area contributed by atoms with Gasteiger partial charge in [0.25, 0.3) is 0 Å². The number of hydrogen-bond donors (Lipinski definition) is 1. The van der Waals surface area contributed by atoms with E-state index in [1.54, 1.807) is 0 Å². The summed E-state index contributed by atoms with van der Waals surface area (Å²) in [6, 6.07) is 0. The average Bonchev–Trinajstić information content (AvgIpc) is 2.71. The molecule has 0 saturated heterocycles. The summed E-state index contributed by atoms with van der Waals surface area (Å²) in [5.41, 5.74) is 0.336. The van der Waals surface area contributed by atoms with E-state index in [4.69, 9.17) is 0 Å². The first kappa shape index (κ1) is 24.9. The molecule has 30 heavy (non-hydrogen) atoms. The first-order chi connectivity index (χ1) is 14.6. The van der Waals surface area contributed by atoms with Crippen LogP contribution in [0.3, 0.4) is 0 Å². The third kappa shape index (κ3) is 7.43. The van der Waals surface area contributed by atoms with Crippen molar-refractivity contribution in [2.75, 3.05) is 17.3 Å². The maximum absolute atomic E-state index is 11.5. The van der Waals surface area contributed by atoms with E-state index in [0.29, 0.717) is 16.3 Å². The van der Waals surface area contributed by atoms with Crippen LogP contribution >= 0.6 is 0 Å². The van der Waals surface area contributed by atoms with Crippen LogP contribution in [0.25, 0.3) is 0 Å². The molecule has 4 bridgehead atoms. The molecule has 0 radical (unpaired) electrons. The molecule has 0 heterocycles. The second-order valence-corrected chi connectivity index (χ2v) is 13.9. The standard InChI is InChI=1S/C28H53OS/c1-3-5-7-9-11-13-15-30(16-14-12-10-8-6-4-2)23-27(29)28-20-24-17-25(21-28)19-26(18-24)22-28/h24-27,29H,3-23H2,1-2H3/q+1. The Morgan fingerprint density at radius 1 is 0.667 bits per heavy atom. The molecule has 1 N–H and O–H groups in total. The van der Waals surface area contributed by atoms with Crippen molar-refractivity contribution in [2.24, 2.45) is 23.2 Å². The Morgan fingerprint density at radius 2 is 1.07 bits per heavy atom. The molecular weight excluding hydrogens is 384 g/mol. The van der Waals surface area contributed by atoms with Crippen molar-refractivity contribution in [3.63, 3.8) is 0 Å². The largest absolute Gasteiger partial charge is 0.388 e. The fourth-order valence-corrected chi connectivity index (χ4v) is 9.99. The van der Waals surface area contributed by atoms with Gasteiger partial charge in [-0.25, -0.2) is 0 Å². The summed E-state index contributed by atoms with van der Waals surface area (Å²) < 4.78 is 0. The van der Waals surface area contributed by atoms with Gasteiger partial charge >= 0.3 is 0 Å². The SMILES string of the molecule is CCCCCCCC[S+](CCCCCCCC)CC(O)C12CC3CC(CC(C3)C1)C2. The van der Waals surface area contributed by atoms with Crippen LogP contribution < -0.4 is 0 Å².